The van der Waals surface area contributed by atoms with E-state index in [9.17, 15) is 30.3 Å². The Balaban J connectivity index is 0. The molecule has 1 rings (SSSR count). The van der Waals surface area contributed by atoms with Crippen LogP contribution in [0.2, 0.25) is 0 Å². The van der Waals surface area contributed by atoms with Gasteiger partial charge >= 0.3 is 40.9 Å². The first-order valence-electron chi connectivity index (χ1n) is 3.64. The van der Waals surface area contributed by atoms with Gasteiger partial charge in [-0.2, -0.15) is 0 Å². The quantitative estimate of drug-likeness (QED) is 0.380. The number of nitro groups is 3. The maximum Gasteiger partial charge on any atom is 1.00 e. The Kier molecular flexibility index (Phi) is 4.94. The van der Waals surface area contributed by atoms with Crippen molar-refractivity contribution in [1.82, 2.24) is 0 Å². The minimum atomic E-state index is -1.21. The molecule has 0 fully saturated rings. The minimum absolute atomic E-state index is 0. The molecule has 0 saturated heterocycles. The molecule has 0 bridgehead atoms. The van der Waals surface area contributed by atoms with Crippen LogP contribution in [0.4, 0.5) is 17.1 Å². The first-order valence-corrected chi connectivity index (χ1v) is 3.64. The van der Waals surface area contributed by atoms with Gasteiger partial charge in [-0.3, -0.25) is 30.3 Å². The molecule has 0 heterocycles. The second kappa shape index (κ2) is 5.52. The third-order valence-electron chi connectivity index (χ3n) is 1.66. The number of benzene rings is 1. The van der Waals surface area contributed by atoms with Crippen molar-refractivity contribution in [3.8, 4) is 5.75 Å². The molecule has 86 valence electrons. The number of phenolic OH excluding ortho intramolecular Hbond substituents is 1. The summed E-state index contributed by atoms with van der Waals surface area (Å²) in [6, 6.07) is 0.894. The van der Waals surface area contributed by atoms with Gasteiger partial charge in [0.2, 0.25) is 0 Å². The molecule has 0 aromatic heterocycles. The molecule has 1 aromatic carbocycles. The maximum absolute atomic E-state index is 10.4. The largest absolute Gasteiger partial charge is 1.00 e. The Bertz CT molecular complexity index is 473. The molecule has 0 aliphatic carbocycles. The maximum atomic E-state index is 10.4. The fourth-order valence-electron chi connectivity index (χ4n) is 0.974. The van der Waals surface area contributed by atoms with E-state index in [1.54, 1.807) is 0 Å². The number of nitrogens with zero attached hydrogens (tertiary/aromatic N) is 3. The van der Waals surface area contributed by atoms with Crippen LogP contribution < -0.4 is 29.6 Å². The topological polar surface area (TPSA) is 150 Å². The Morgan fingerprint density at radius 2 is 1.29 bits per heavy atom. The van der Waals surface area contributed by atoms with Gasteiger partial charge in [0.1, 0.15) is 0 Å². The van der Waals surface area contributed by atoms with E-state index in [-0.39, 0.29) is 31.0 Å². The zero-order valence-corrected chi connectivity index (χ0v) is 10.4. The van der Waals surface area contributed by atoms with Gasteiger partial charge in [-0.05, 0) is 0 Å². The average molecular weight is 253 g/mol. The molecule has 1 N–H and O–H groups in total. The van der Waals surface area contributed by atoms with Crippen LogP contribution in [0.5, 0.6) is 5.75 Å². The van der Waals surface area contributed by atoms with E-state index in [0.717, 1.165) is 0 Å². The third kappa shape index (κ3) is 3.09. The van der Waals surface area contributed by atoms with Gasteiger partial charge in [0.25, 0.3) is 11.4 Å². The standard InChI is InChI=1S/C6H3N3O7.Na.H/c10-6-4(8(13)14)1-3(7(11)12)2-5(6)9(15)16;;/h1-2,10H;;/q;+1;-1. The van der Waals surface area contributed by atoms with Crippen molar-refractivity contribution in [2.45, 2.75) is 0 Å². The van der Waals surface area contributed by atoms with E-state index in [4.69, 9.17) is 5.11 Å². The fraction of sp³-hybridized carbons (Fsp3) is 0. The van der Waals surface area contributed by atoms with Gasteiger partial charge < -0.3 is 6.53 Å². The first kappa shape index (κ1) is 15.2. The van der Waals surface area contributed by atoms with Crippen molar-refractivity contribution in [2.24, 2.45) is 0 Å². The normalized spacial score (nSPS) is 9.18. The van der Waals surface area contributed by atoms with Gasteiger partial charge in [0.05, 0.1) is 26.9 Å². The Morgan fingerprint density at radius 3 is 1.53 bits per heavy atom. The van der Waals surface area contributed by atoms with Gasteiger partial charge in [-0.1, -0.05) is 0 Å². The van der Waals surface area contributed by atoms with E-state index in [2.05, 4.69) is 0 Å². The van der Waals surface area contributed by atoms with Gasteiger partial charge in [-0.15, -0.1) is 0 Å². The van der Waals surface area contributed by atoms with Crippen LogP contribution in [0.3, 0.4) is 0 Å². The number of hydrogen-bond donors (Lipinski definition) is 1. The molecule has 0 saturated carbocycles. The molecule has 1 aromatic rings. The number of aromatic hydroxyl groups is 1. The first-order chi connectivity index (χ1) is 7.34. The van der Waals surface area contributed by atoms with Crippen molar-refractivity contribution in [3.05, 3.63) is 42.5 Å². The van der Waals surface area contributed by atoms with Crippen LogP contribution in [-0.2, 0) is 0 Å². The summed E-state index contributed by atoms with van der Waals surface area (Å²) in [6.07, 6.45) is 0. The second-order valence-electron chi connectivity index (χ2n) is 2.60. The smallest absolute Gasteiger partial charge is 1.00 e. The molecule has 10 nitrogen and oxygen atoms in total. The average Bonchev–Trinajstić information content (AvgIpc) is 2.16. The van der Waals surface area contributed by atoms with Crippen LogP contribution in [0.1, 0.15) is 1.43 Å². The number of nitro benzene ring substituents is 3. The van der Waals surface area contributed by atoms with Crippen LogP contribution in [0, 0.1) is 30.3 Å². The molecular formula is C6H4N3NaO7. The van der Waals surface area contributed by atoms with Crippen LogP contribution in [0.15, 0.2) is 12.1 Å². The molecule has 0 aliphatic heterocycles. The SMILES string of the molecule is O=[N+]([O-])c1cc([N+](=O)[O-])c(O)c([N+](=O)[O-])c1.[H-].[Na+]. The molecule has 0 unspecified atom stereocenters. The molecule has 11 heteroatoms. The van der Waals surface area contributed by atoms with Crippen molar-refractivity contribution in [3.63, 3.8) is 0 Å². The van der Waals surface area contributed by atoms with Gasteiger partial charge in [0, 0.05) is 0 Å². The summed E-state index contributed by atoms with van der Waals surface area (Å²) >= 11 is 0. The molecule has 0 spiro atoms. The molecular weight excluding hydrogens is 249 g/mol. The Hall–Kier alpha value is -1.78. The van der Waals surface area contributed by atoms with Crippen molar-refractivity contribution >= 4 is 17.1 Å². The summed E-state index contributed by atoms with van der Waals surface area (Å²) in [7, 11) is 0. The minimum Gasteiger partial charge on any atom is -1.00 e. The Morgan fingerprint density at radius 1 is 0.941 bits per heavy atom. The van der Waals surface area contributed by atoms with E-state index in [0.29, 0.717) is 12.1 Å². The fourth-order valence-corrected chi connectivity index (χ4v) is 0.974. The van der Waals surface area contributed by atoms with E-state index >= 15 is 0 Å². The van der Waals surface area contributed by atoms with Crippen molar-refractivity contribution in [1.29, 1.82) is 0 Å². The number of non-ortho nitro benzene ring substituents is 1. The van der Waals surface area contributed by atoms with E-state index < -0.39 is 37.6 Å². The van der Waals surface area contributed by atoms with Gasteiger partial charge in [0.15, 0.2) is 0 Å². The summed E-state index contributed by atoms with van der Waals surface area (Å²) in [5.74, 6) is -1.21. The predicted molar refractivity (Wildman–Crippen MR) is 49.2 cm³/mol. The van der Waals surface area contributed by atoms with Crippen molar-refractivity contribution < 1.29 is 50.9 Å². The zero-order chi connectivity index (χ0) is 12.5. The molecule has 0 radical (unpaired) electrons. The third-order valence-corrected chi connectivity index (χ3v) is 1.66. The summed E-state index contributed by atoms with van der Waals surface area (Å²) in [4.78, 5) is 27.8. The Labute approximate surface area is 116 Å². The zero-order valence-electron chi connectivity index (χ0n) is 9.39. The number of phenols is 1. The number of hydrogen-bond acceptors (Lipinski definition) is 7. The molecule has 0 aliphatic rings. The van der Waals surface area contributed by atoms with E-state index in [1.807, 2.05) is 0 Å². The van der Waals surface area contributed by atoms with Crippen LogP contribution in [-0.4, -0.2) is 19.9 Å². The molecule has 0 amide bonds. The summed E-state index contributed by atoms with van der Waals surface area (Å²) in [5.41, 5.74) is -3.00. The second-order valence-corrected chi connectivity index (χ2v) is 2.60. The summed E-state index contributed by atoms with van der Waals surface area (Å²) in [5, 5.41) is 40.2. The van der Waals surface area contributed by atoms with Crippen molar-refractivity contribution in [2.75, 3.05) is 0 Å². The van der Waals surface area contributed by atoms with Crippen LogP contribution in [0.25, 0.3) is 0 Å². The predicted octanol–water partition coefficient (Wildman–Crippen LogP) is -1.77. The van der Waals surface area contributed by atoms with Gasteiger partial charge in [-0.25, -0.2) is 0 Å². The molecule has 17 heavy (non-hydrogen) atoms. The molecule has 0 atom stereocenters. The van der Waals surface area contributed by atoms with E-state index in [1.165, 1.54) is 0 Å². The van der Waals surface area contributed by atoms with Crippen LogP contribution >= 0.6 is 0 Å². The summed E-state index contributed by atoms with van der Waals surface area (Å²) in [6.45, 7) is 0. The summed E-state index contributed by atoms with van der Waals surface area (Å²) < 4.78 is 0. The number of rotatable bonds is 3. The monoisotopic (exact) mass is 253 g/mol.